The van der Waals surface area contributed by atoms with Crippen LogP contribution in [0.25, 0.3) is 0 Å². The fourth-order valence-corrected chi connectivity index (χ4v) is 2.19. The number of ether oxygens (including phenoxy) is 1. The number of carbonyl (C=O) groups is 1. The van der Waals surface area contributed by atoms with E-state index in [-0.39, 0.29) is 11.8 Å². The van der Waals surface area contributed by atoms with Gasteiger partial charge in [0.25, 0.3) is 0 Å². The lowest BCUT2D eigenvalue weighted by Gasteiger charge is -2.14. The average molecular weight is 252 g/mol. The Balaban J connectivity index is 1.87. The van der Waals surface area contributed by atoms with Gasteiger partial charge in [-0.1, -0.05) is 0 Å². The van der Waals surface area contributed by atoms with Gasteiger partial charge in [-0.25, -0.2) is 0 Å². The lowest BCUT2D eigenvalue weighted by Crippen LogP contribution is -2.17. The van der Waals surface area contributed by atoms with Gasteiger partial charge in [0, 0.05) is 10.3 Å². The third-order valence-corrected chi connectivity index (χ3v) is 3.83. The van der Waals surface area contributed by atoms with Crippen LogP contribution in [0.3, 0.4) is 0 Å². The summed E-state index contributed by atoms with van der Waals surface area (Å²) < 4.78 is 5.66. The van der Waals surface area contributed by atoms with Gasteiger partial charge in [-0.15, -0.1) is 11.8 Å². The highest BCUT2D eigenvalue weighted by atomic mass is 32.2. The van der Waals surface area contributed by atoms with Crippen LogP contribution in [0.4, 0.5) is 0 Å². The molecule has 0 aromatic heterocycles. The van der Waals surface area contributed by atoms with Crippen molar-refractivity contribution in [3.05, 3.63) is 24.3 Å². The highest BCUT2D eigenvalue weighted by Gasteiger charge is 2.45. The first-order chi connectivity index (χ1) is 8.13. The van der Waals surface area contributed by atoms with Gasteiger partial charge in [-0.2, -0.15) is 0 Å². The second-order valence-corrected chi connectivity index (χ2v) is 5.41. The lowest BCUT2D eigenvalue weighted by atomic mass is 10.0. The monoisotopic (exact) mass is 252 g/mol. The highest BCUT2D eigenvalue weighted by Crippen LogP contribution is 2.49. The van der Waals surface area contributed by atoms with Crippen LogP contribution in [0.1, 0.15) is 19.3 Å². The van der Waals surface area contributed by atoms with E-state index in [1.807, 2.05) is 30.5 Å². The number of benzene rings is 1. The molecule has 1 saturated carbocycles. The van der Waals surface area contributed by atoms with E-state index in [0.717, 1.165) is 18.6 Å². The topological polar surface area (TPSA) is 46.5 Å². The van der Waals surface area contributed by atoms with Crippen LogP contribution in [0.15, 0.2) is 29.2 Å². The van der Waals surface area contributed by atoms with Gasteiger partial charge in [0.15, 0.2) is 0 Å². The van der Waals surface area contributed by atoms with Crippen LogP contribution in [-0.2, 0) is 4.79 Å². The van der Waals surface area contributed by atoms with Gasteiger partial charge < -0.3 is 9.84 Å². The molecule has 1 fully saturated rings. The van der Waals surface area contributed by atoms with E-state index in [1.165, 1.54) is 4.90 Å². The van der Waals surface area contributed by atoms with Gasteiger partial charge in [0.1, 0.15) is 5.75 Å². The van der Waals surface area contributed by atoms with Crippen molar-refractivity contribution in [3.63, 3.8) is 0 Å². The molecule has 2 rings (SSSR count). The summed E-state index contributed by atoms with van der Waals surface area (Å²) in [7, 11) is 0. The Hall–Kier alpha value is -1.16. The summed E-state index contributed by atoms with van der Waals surface area (Å²) in [6, 6.07) is 7.89. The molecule has 0 amide bonds. The first-order valence-electron chi connectivity index (χ1n) is 5.62. The van der Waals surface area contributed by atoms with E-state index in [1.54, 1.807) is 11.8 Å². The quantitative estimate of drug-likeness (QED) is 0.790. The minimum Gasteiger partial charge on any atom is -0.493 e. The van der Waals surface area contributed by atoms with Crippen LogP contribution >= 0.6 is 11.8 Å². The molecule has 0 aliphatic heterocycles. The number of thioether (sulfide) groups is 1. The van der Waals surface area contributed by atoms with Gasteiger partial charge in [0.05, 0.1) is 13.0 Å². The van der Waals surface area contributed by atoms with E-state index in [0.29, 0.717) is 6.61 Å². The second kappa shape index (κ2) is 5.00. The molecule has 0 atom stereocenters. The number of hydrogen-bond acceptors (Lipinski definition) is 3. The number of carboxylic acid groups (broad SMARTS) is 1. The van der Waals surface area contributed by atoms with Crippen LogP contribution in [0.5, 0.6) is 5.75 Å². The first kappa shape index (κ1) is 12.3. The predicted octanol–water partition coefficient (Wildman–Crippen LogP) is 3.04. The molecule has 0 saturated heterocycles. The van der Waals surface area contributed by atoms with Crippen molar-refractivity contribution in [1.82, 2.24) is 0 Å². The molecule has 3 nitrogen and oxygen atoms in total. The Kier molecular flexibility index (Phi) is 3.62. The summed E-state index contributed by atoms with van der Waals surface area (Å²) in [5.74, 6) is 0.0864. The fourth-order valence-electron chi connectivity index (χ4n) is 1.78. The summed E-state index contributed by atoms with van der Waals surface area (Å²) in [5.41, 5.74) is -0.107. The van der Waals surface area contributed by atoms with E-state index < -0.39 is 5.97 Å². The normalized spacial score (nSPS) is 16.5. The zero-order valence-electron chi connectivity index (χ0n) is 9.81. The molecule has 1 aromatic carbocycles. The molecule has 1 aromatic rings. The Labute approximate surface area is 105 Å². The Bertz CT molecular complexity index is 396. The van der Waals surface area contributed by atoms with Crippen molar-refractivity contribution >= 4 is 17.7 Å². The number of aliphatic carboxylic acids is 1. The molecule has 1 N–H and O–H groups in total. The fraction of sp³-hybridized carbons (Fsp3) is 0.462. The van der Waals surface area contributed by atoms with Crippen LogP contribution < -0.4 is 4.74 Å². The Morgan fingerprint density at radius 2 is 2.06 bits per heavy atom. The van der Waals surface area contributed by atoms with Gasteiger partial charge in [-0.05, 0) is 43.4 Å². The summed E-state index contributed by atoms with van der Waals surface area (Å²) >= 11 is 1.69. The molecule has 1 aliphatic rings. The smallest absolute Gasteiger partial charge is 0.304 e. The molecule has 17 heavy (non-hydrogen) atoms. The molecular formula is C13H16O3S. The maximum absolute atomic E-state index is 10.7. The number of hydrogen-bond donors (Lipinski definition) is 1. The minimum atomic E-state index is -0.733. The maximum Gasteiger partial charge on any atom is 0.304 e. The lowest BCUT2D eigenvalue weighted by molar-refractivity contribution is -0.138. The standard InChI is InChI=1S/C13H16O3S/c1-17-11-4-2-10(3-5-11)16-9-13(6-7-13)8-12(14)15/h2-5H,6-9H2,1H3,(H,14,15). The summed E-state index contributed by atoms with van der Waals surface area (Å²) in [5, 5.41) is 8.80. The zero-order valence-corrected chi connectivity index (χ0v) is 10.6. The van der Waals surface area contributed by atoms with Gasteiger partial charge >= 0.3 is 5.97 Å². The van der Waals surface area contributed by atoms with E-state index in [9.17, 15) is 4.79 Å². The third-order valence-electron chi connectivity index (χ3n) is 3.09. The molecule has 0 bridgehead atoms. The second-order valence-electron chi connectivity index (χ2n) is 4.53. The van der Waals surface area contributed by atoms with Crippen molar-refractivity contribution in [1.29, 1.82) is 0 Å². The van der Waals surface area contributed by atoms with Crippen molar-refractivity contribution in [2.75, 3.05) is 12.9 Å². The van der Waals surface area contributed by atoms with Crippen molar-refractivity contribution in [3.8, 4) is 5.75 Å². The van der Waals surface area contributed by atoms with Crippen LogP contribution in [0, 0.1) is 5.41 Å². The molecule has 0 heterocycles. The molecule has 0 radical (unpaired) electrons. The van der Waals surface area contributed by atoms with E-state index in [2.05, 4.69) is 0 Å². The van der Waals surface area contributed by atoms with Gasteiger partial charge in [-0.3, -0.25) is 4.79 Å². The van der Waals surface area contributed by atoms with E-state index >= 15 is 0 Å². The molecule has 0 unspecified atom stereocenters. The SMILES string of the molecule is CSc1ccc(OCC2(CC(=O)O)CC2)cc1. The molecule has 92 valence electrons. The number of carboxylic acids is 1. The molecule has 4 heteroatoms. The van der Waals surface area contributed by atoms with Crippen LogP contribution in [0.2, 0.25) is 0 Å². The minimum absolute atomic E-state index is 0.107. The van der Waals surface area contributed by atoms with E-state index in [4.69, 9.17) is 9.84 Å². The van der Waals surface area contributed by atoms with Crippen LogP contribution in [-0.4, -0.2) is 23.9 Å². The highest BCUT2D eigenvalue weighted by molar-refractivity contribution is 7.98. The summed E-state index contributed by atoms with van der Waals surface area (Å²) in [4.78, 5) is 11.9. The largest absolute Gasteiger partial charge is 0.493 e. The maximum atomic E-state index is 10.7. The molecule has 0 spiro atoms. The molecule has 1 aliphatic carbocycles. The van der Waals surface area contributed by atoms with Crippen molar-refractivity contribution in [2.45, 2.75) is 24.2 Å². The first-order valence-corrected chi connectivity index (χ1v) is 6.85. The zero-order chi connectivity index (χ0) is 12.3. The van der Waals surface area contributed by atoms with Crippen molar-refractivity contribution < 1.29 is 14.6 Å². The summed E-state index contributed by atoms with van der Waals surface area (Å²) in [6.07, 6.45) is 4.17. The Morgan fingerprint density at radius 3 is 2.53 bits per heavy atom. The predicted molar refractivity (Wildman–Crippen MR) is 67.6 cm³/mol. The summed E-state index contributed by atoms with van der Waals surface area (Å²) in [6.45, 7) is 0.512. The number of rotatable bonds is 6. The Morgan fingerprint density at radius 1 is 1.41 bits per heavy atom. The van der Waals surface area contributed by atoms with Crippen molar-refractivity contribution in [2.24, 2.45) is 5.41 Å². The van der Waals surface area contributed by atoms with Gasteiger partial charge in [0.2, 0.25) is 0 Å². The third kappa shape index (κ3) is 3.40. The average Bonchev–Trinajstić information content (AvgIpc) is 3.06. The molecular weight excluding hydrogens is 236 g/mol.